The number of amides is 1. The number of piperidine rings is 1. The second-order valence-corrected chi connectivity index (χ2v) is 10.5. The first-order chi connectivity index (χ1) is 16.2. The molecule has 0 aliphatic carbocycles. The van der Waals surface area contributed by atoms with Crippen molar-refractivity contribution in [2.24, 2.45) is 7.05 Å². The molecule has 1 saturated heterocycles. The Labute approximate surface area is 200 Å². The molecule has 6 nitrogen and oxygen atoms in total. The first-order valence-electron chi connectivity index (χ1n) is 12.0. The third kappa shape index (κ3) is 5.37. The summed E-state index contributed by atoms with van der Waals surface area (Å²) >= 11 is 1.94. The quantitative estimate of drug-likeness (QED) is 0.576. The second kappa shape index (κ2) is 10.2. The number of carbonyl (C=O) groups excluding carboxylic acids is 1. The number of aromatic nitrogens is 2. The van der Waals surface area contributed by atoms with Gasteiger partial charge in [-0.15, -0.1) is 11.3 Å². The number of hydrogen-bond acceptors (Lipinski definition) is 5. The highest BCUT2D eigenvalue weighted by molar-refractivity contribution is 7.11. The van der Waals surface area contributed by atoms with Gasteiger partial charge in [-0.1, -0.05) is 36.8 Å². The van der Waals surface area contributed by atoms with Crippen LogP contribution in [0.5, 0.6) is 0 Å². The molecule has 0 unspecified atom stereocenters. The maximum absolute atomic E-state index is 13.0. The molecule has 4 heterocycles. The smallest absolute Gasteiger partial charge is 0.272 e. The Kier molecular flexibility index (Phi) is 6.90. The van der Waals surface area contributed by atoms with Crippen LogP contribution < -0.4 is 5.32 Å². The van der Waals surface area contributed by atoms with Crippen LogP contribution in [-0.4, -0.2) is 45.1 Å². The summed E-state index contributed by atoms with van der Waals surface area (Å²) in [5.74, 6) is -0.0857. The Morgan fingerprint density at radius 2 is 1.70 bits per heavy atom. The van der Waals surface area contributed by atoms with Crippen LogP contribution in [0.15, 0.2) is 42.5 Å². The van der Waals surface area contributed by atoms with E-state index >= 15 is 0 Å². The molecule has 0 atom stereocenters. The van der Waals surface area contributed by atoms with Crippen molar-refractivity contribution in [3.8, 4) is 0 Å². The Morgan fingerprint density at radius 1 is 0.970 bits per heavy atom. The highest BCUT2D eigenvalue weighted by atomic mass is 32.1. The maximum atomic E-state index is 13.0. The van der Waals surface area contributed by atoms with E-state index in [0.717, 1.165) is 43.7 Å². The molecule has 0 saturated carbocycles. The lowest BCUT2D eigenvalue weighted by molar-refractivity contribution is 0.0943. The molecule has 1 fully saturated rings. The maximum Gasteiger partial charge on any atom is 0.272 e. The topological polar surface area (TPSA) is 53.4 Å². The predicted molar refractivity (Wildman–Crippen MR) is 132 cm³/mol. The minimum absolute atomic E-state index is 0.0857. The van der Waals surface area contributed by atoms with Crippen molar-refractivity contribution < 1.29 is 4.79 Å². The first-order valence-corrected chi connectivity index (χ1v) is 12.9. The van der Waals surface area contributed by atoms with E-state index in [0.29, 0.717) is 12.2 Å². The van der Waals surface area contributed by atoms with Crippen molar-refractivity contribution in [3.05, 3.63) is 74.7 Å². The fraction of sp³-hybridized carbons (Fsp3) is 0.462. The van der Waals surface area contributed by atoms with Crippen LogP contribution in [0.25, 0.3) is 0 Å². The number of nitrogens with one attached hydrogen (secondary N) is 1. The summed E-state index contributed by atoms with van der Waals surface area (Å²) in [5.41, 5.74) is 3.94. The monoisotopic (exact) mass is 463 g/mol. The molecule has 5 rings (SSSR count). The summed E-state index contributed by atoms with van der Waals surface area (Å²) in [5, 5.41) is 7.64. The normalized spacial score (nSPS) is 17.1. The minimum Gasteiger partial charge on any atom is -0.347 e. The van der Waals surface area contributed by atoms with E-state index in [2.05, 4.69) is 32.3 Å². The highest BCUT2D eigenvalue weighted by Gasteiger charge is 2.27. The number of nitrogens with zero attached hydrogens (tertiary/aromatic N) is 4. The van der Waals surface area contributed by atoms with Gasteiger partial charge in [0, 0.05) is 67.2 Å². The third-order valence-electron chi connectivity index (χ3n) is 6.76. The van der Waals surface area contributed by atoms with E-state index in [-0.39, 0.29) is 5.91 Å². The lowest BCUT2D eigenvalue weighted by atomic mass is 10.0. The van der Waals surface area contributed by atoms with Gasteiger partial charge in [-0.05, 0) is 43.6 Å². The number of benzene rings is 1. The van der Waals surface area contributed by atoms with E-state index in [9.17, 15) is 4.79 Å². The number of hydrogen-bond donors (Lipinski definition) is 1. The summed E-state index contributed by atoms with van der Waals surface area (Å²) in [4.78, 5) is 20.9. The molecule has 174 valence electrons. The number of fused-ring (bicyclic) bond motifs is 1. The Balaban J connectivity index is 1.22. The van der Waals surface area contributed by atoms with Crippen LogP contribution >= 0.6 is 11.3 Å². The van der Waals surface area contributed by atoms with Crippen LogP contribution in [0.4, 0.5) is 0 Å². The van der Waals surface area contributed by atoms with Gasteiger partial charge in [0.05, 0.1) is 0 Å². The largest absolute Gasteiger partial charge is 0.347 e. The van der Waals surface area contributed by atoms with Crippen LogP contribution in [0, 0.1) is 0 Å². The van der Waals surface area contributed by atoms with Gasteiger partial charge in [0.1, 0.15) is 0 Å². The van der Waals surface area contributed by atoms with E-state index < -0.39 is 0 Å². The average molecular weight is 464 g/mol. The zero-order valence-electron chi connectivity index (χ0n) is 19.4. The van der Waals surface area contributed by atoms with E-state index in [1.165, 1.54) is 47.8 Å². The third-order valence-corrected chi connectivity index (χ3v) is 7.81. The summed E-state index contributed by atoms with van der Waals surface area (Å²) < 4.78 is 1.89. The SMILES string of the molecule is Cn1nc(C(=O)NCc2ccccc2)c2c1CCN(Cc1ccc(CN3CCCCC3)s1)C2. The van der Waals surface area contributed by atoms with Gasteiger partial charge in [0.25, 0.3) is 5.91 Å². The molecule has 1 N–H and O–H groups in total. The molecule has 0 spiro atoms. The molecule has 7 heteroatoms. The van der Waals surface area contributed by atoms with Gasteiger partial charge in [0.15, 0.2) is 5.69 Å². The lowest BCUT2D eigenvalue weighted by Crippen LogP contribution is -2.32. The van der Waals surface area contributed by atoms with Crippen molar-refractivity contribution in [3.63, 3.8) is 0 Å². The number of aryl methyl sites for hydroxylation is 1. The fourth-order valence-electron chi connectivity index (χ4n) is 4.98. The standard InChI is InChI=1S/C26H33N5OS/c1-29-24-12-15-31(18-22-11-10-21(33-22)17-30-13-6-3-7-14-30)19-23(24)25(28-29)26(32)27-16-20-8-4-2-5-9-20/h2,4-5,8-11H,3,6-7,12-19H2,1H3,(H,27,32). The Bertz CT molecular complexity index is 1080. The Morgan fingerprint density at radius 3 is 2.45 bits per heavy atom. The van der Waals surface area contributed by atoms with Crippen LogP contribution in [-0.2, 0) is 39.6 Å². The summed E-state index contributed by atoms with van der Waals surface area (Å²) in [6, 6.07) is 14.6. The van der Waals surface area contributed by atoms with Gasteiger partial charge < -0.3 is 5.32 Å². The lowest BCUT2D eigenvalue weighted by Gasteiger charge is -2.27. The van der Waals surface area contributed by atoms with E-state index in [4.69, 9.17) is 0 Å². The molecular formula is C26H33N5OS. The van der Waals surface area contributed by atoms with Gasteiger partial charge in [-0.2, -0.15) is 5.10 Å². The van der Waals surface area contributed by atoms with Gasteiger partial charge >= 0.3 is 0 Å². The molecule has 33 heavy (non-hydrogen) atoms. The number of thiophene rings is 1. The number of likely N-dealkylation sites (tertiary alicyclic amines) is 1. The summed E-state index contributed by atoms with van der Waals surface area (Å²) in [6.07, 6.45) is 4.97. The molecule has 2 aliphatic rings. The van der Waals surface area contributed by atoms with Crippen LogP contribution in [0.3, 0.4) is 0 Å². The molecule has 0 bridgehead atoms. The van der Waals surface area contributed by atoms with E-state index in [1.807, 2.05) is 53.4 Å². The summed E-state index contributed by atoms with van der Waals surface area (Å²) in [7, 11) is 1.95. The predicted octanol–water partition coefficient (Wildman–Crippen LogP) is 3.96. The molecule has 3 aromatic rings. The van der Waals surface area contributed by atoms with Gasteiger partial charge in [-0.3, -0.25) is 19.3 Å². The molecule has 1 amide bonds. The van der Waals surface area contributed by atoms with Crippen LogP contribution in [0.2, 0.25) is 0 Å². The van der Waals surface area contributed by atoms with Gasteiger partial charge in [0.2, 0.25) is 0 Å². The first kappa shape index (κ1) is 22.3. The van der Waals surface area contributed by atoms with E-state index in [1.54, 1.807) is 0 Å². The summed E-state index contributed by atoms with van der Waals surface area (Å²) in [6.45, 7) is 6.78. The average Bonchev–Trinajstić information content (AvgIpc) is 3.42. The number of rotatable bonds is 7. The zero-order valence-corrected chi connectivity index (χ0v) is 20.2. The van der Waals surface area contributed by atoms with Gasteiger partial charge in [-0.25, -0.2) is 0 Å². The molecule has 2 aromatic heterocycles. The molecule has 2 aliphatic heterocycles. The van der Waals surface area contributed by atoms with Crippen molar-refractivity contribution in [1.82, 2.24) is 24.9 Å². The van der Waals surface area contributed by atoms with Crippen molar-refractivity contribution in [1.29, 1.82) is 0 Å². The number of carbonyl (C=O) groups is 1. The highest BCUT2D eigenvalue weighted by Crippen LogP contribution is 2.26. The van der Waals surface area contributed by atoms with Crippen LogP contribution in [0.1, 0.15) is 56.3 Å². The zero-order chi connectivity index (χ0) is 22.6. The molecule has 1 aromatic carbocycles. The fourth-order valence-corrected chi connectivity index (χ4v) is 6.08. The Hall–Kier alpha value is -2.48. The molecule has 0 radical (unpaired) electrons. The second-order valence-electron chi connectivity index (χ2n) is 9.23. The van der Waals surface area contributed by atoms with Crippen molar-refractivity contribution in [2.45, 2.75) is 51.9 Å². The van der Waals surface area contributed by atoms with Crippen molar-refractivity contribution >= 4 is 17.2 Å². The minimum atomic E-state index is -0.0857. The molecular weight excluding hydrogens is 430 g/mol. The van der Waals surface area contributed by atoms with Crippen molar-refractivity contribution in [2.75, 3.05) is 19.6 Å².